The molecule has 2 rings (SSSR count). The first-order chi connectivity index (χ1) is 10.5. The highest BCUT2D eigenvalue weighted by Crippen LogP contribution is 2.35. The highest BCUT2D eigenvalue weighted by Gasteiger charge is 2.09. The predicted octanol–water partition coefficient (Wildman–Crippen LogP) is 5.13. The Hall–Kier alpha value is -2.04. The molecule has 22 heavy (non-hydrogen) atoms. The van der Waals surface area contributed by atoms with Crippen LogP contribution in [0.2, 0.25) is 10.0 Å². The Morgan fingerprint density at radius 2 is 1.77 bits per heavy atom. The number of hydrogen-bond donors (Lipinski definition) is 0. The molecule has 0 unspecified atom stereocenters. The van der Waals surface area contributed by atoms with Gasteiger partial charge in [0, 0.05) is 6.08 Å². The molecule has 0 aliphatic heterocycles. The molecule has 6 heteroatoms. The minimum atomic E-state index is -0.552. The topological polar surface area (TPSA) is 52.4 Å². The van der Waals surface area contributed by atoms with Crippen LogP contribution in [0.3, 0.4) is 0 Å². The Morgan fingerprint density at radius 1 is 1.18 bits per heavy atom. The zero-order valence-corrected chi connectivity index (χ0v) is 13.3. The van der Waals surface area contributed by atoms with Crippen molar-refractivity contribution in [1.82, 2.24) is 0 Å². The first-order valence-corrected chi connectivity index (χ1v) is 7.20. The number of rotatable bonds is 5. The largest absolute Gasteiger partial charge is 0.486 e. The van der Waals surface area contributed by atoms with E-state index < -0.39 is 4.92 Å². The van der Waals surface area contributed by atoms with Gasteiger partial charge in [0.15, 0.2) is 5.75 Å². The van der Waals surface area contributed by atoms with Crippen LogP contribution < -0.4 is 4.74 Å². The van der Waals surface area contributed by atoms with Gasteiger partial charge >= 0.3 is 0 Å². The molecule has 2 aromatic rings. The fourth-order valence-electron chi connectivity index (χ4n) is 1.80. The van der Waals surface area contributed by atoms with Crippen molar-refractivity contribution in [1.29, 1.82) is 0 Å². The van der Waals surface area contributed by atoms with Gasteiger partial charge in [-0.05, 0) is 30.2 Å². The lowest BCUT2D eigenvalue weighted by molar-refractivity contribution is -0.400. The molecule has 0 saturated heterocycles. The molecule has 114 valence electrons. The van der Waals surface area contributed by atoms with E-state index >= 15 is 0 Å². The first-order valence-electron chi connectivity index (χ1n) is 6.45. The number of nitrogens with zero attached hydrogens (tertiary/aromatic N) is 1. The summed E-state index contributed by atoms with van der Waals surface area (Å²) in [7, 11) is 0. The third kappa shape index (κ3) is 4.48. The van der Waals surface area contributed by atoms with Gasteiger partial charge in [0.1, 0.15) is 6.61 Å². The monoisotopic (exact) mass is 337 g/mol. The third-order valence-corrected chi connectivity index (χ3v) is 3.47. The second-order valence-corrected chi connectivity index (χ2v) is 5.50. The molecule has 0 atom stereocenters. The molecule has 4 nitrogen and oxygen atoms in total. The van der Waals surface area contributed by atoms with Crippen molar-refractivity contribution in [2.24, 2.45) is 0 Å². The van der Waals surface area contributed by atoms with Crippen molar-refractivity contribution < 1.29 is 9.66 Å². The summed E-state index contributed by atoms with van der Waals surface area (Å²) in [4.78, 5) is 9.77. The SMILES string of the molecule is Cc1ccc(COc2c(Cl)cc(/C=C/[N+](=O)[O-])cc2Cl)cc1. The van der Waals surface area contributed by atoms with Crippen LogP contribution in [0.1, 0.15) is 16.7 Å². The van der Waals surface area contributed by atoms with Gasteiger partial charge in [-0.15, -0.1) is 0 Å². The number of halogens is 2. The summed E-state index contributed by atoms with van der Waals surface area (Å²) in [5.74, 6) is 0.363. The van der Waals surface area contributed by atoms with E-state index in [9.17, 15) is 10.1 Å². The van der Waals surface area contributed by atoms with E-state index in [0.29, 0.717) is 28.0 Å². The standard InChI is InChI=1S/C16H13Cl2NO3/c1-11-2-4-12(5-3-11)10-22-16-14(17)8-13(9-15(16)18)6-7-19(20)21/h2-9H,10H2,1H3/b7-6+. The summed E-state index contributed by atoms with van der Waals surface area (Å²) in [6.45, 7) is 2.35. The zero-order valence-electron chi connectivity index (χ0n) is 11.8. The van der Waals surface area contributed by atoms with E-state index in [0.717, 1.165) is 11.8 Å². The van der Waals surface area contributed by atoms with Crippen LogP contribution in [0.15, 0.2) is 42.6 Å². The van der Waals surface area contributed by atoms with Crippen LogP contribution in [-0.2, 0) is 6.61 Å². The van der Waals surface area contributed by atoms with Crippen molar-refractivity contribution in [3.05, 3.63) is 79.4 Å². The molecule has 0 spiro atoms. The minimum absolute atomic E-state index is 0.308. The average Bonchev–Trinajstić information content (AvgIpc) is 2.46. The normalized spacial score (nSPS) is 10.9. The van der Waals surface area contributed by atoms with Crippen LogP contribution >= 0.6 is 23.2 Å². The van der Waals surface area contributed by atoms with Crippen LogP contribution in [0, 0.1) is 17.0 Å². The Morgan fingerprint density at radius 3 is 2.32 bits per heavy atom. The Kier molecular flexibility index (Phi) is 5.41. The predicted molar refractivity (Wildman–Crippen MR) is 88.0 cm³/mol. The lowest BCUT2D eigenvalue weighted by Gasteiger charge is -2.11. The summed E-state index contributed by atoms with van der Waals surface area (Å²) in [5, 5.41) is 10.9. The van der Waals surface area contributed by atoms with Crippen molar-refractivity contribution in [3.63, 3.8) is 0 Å². The summed E-state index contributed by atoms with van der Waals surface area (Å²) >= 11 is 12.3. The average molecular weight is 338 g/mol. The van der Waals surface area contributed by atoms with E-state index in [4.69, 9.17) is 27.9 Å². The maximum Gasteiger partial charge on any atom is 0.235 e. The van der Waals surface area contributed by atoms with Crippen LogP contribution in [0.25, 0.3) is 6.08 Å². The summed E-state index contributed by atoms with van der Waals surface area (Å²) < 4.78 is 5.65. The molecule has 0 heterocycles. The molecule has 0 aromatic heterocycles. The van der Waals surface area contributed by atoms with E-state index in [1.165, 1.54) is 11.6 Å². The molecule has 0 amide bonds. The van der Waals surface area contributed by atoms with Gasteiger partial charge in [-0.3, -0.25) is 10.1 Å². The molecular formula is C16H13Cl2NO3. The fraction of sp³-hybridized carbons (Fsp3) is 0.125. The van der Waals surface area contributed by atoms with E-state index in [1.807, 2.05) is 31.2 Å². The van der Waals surface area contributed by atoms with Crippen molar-refractivity contribution in [3.8, 4) is 5.75 Å². The van der Waals surface area contributed by atoms with Crippen molar-refractivity contribution in [2.45, 2.75) is 13.5 Å². The summed E-state index contributed by atoms with van der Waals surface area (Å²) in [6.07, 6.45) is 2.15. The lowest BCUT2D eigenvalue weighted by Crippen LogP contribution is -1.97. The number of benzene rings is 2. The quantitative estimate of drug-likeness (QED) is 0.561. The second-order valence-electron chi connectivity index (χ2n) is 4.69. The highest BCUT2D eigenvalue weighted by molar-refractivity contribution is 6.37. The van der Waals surface area contributed by atoms with Crippen LogP contribution in [0.4, 0.5) is 0 Å². The van der Waals surface area contributed by atoms with E-state index in [1.54, 1.807) is 12.1 Å². The second kappa shape index (κ2) is 7.29. The van der Waals surface area contributed by atoms with Crippen LogP contribution in [0.5, 0.6) is 5.75 Å². The Bertz CT molecular complexity index is 689. The molecule has 2 aromatic carbocycles. The number of nitro groups is 1. The van der Waals surface area contributed by atoms with Gasteiger partial charge in [-0.1, -0.05) is 53.0 Å². The third-order valence-electron chi connectivity index (χ3n) is 2.91. The van der Waals surface area contributed by atoms with Gasteiger partial charge in [0.25, 0.3) is 0 Å². The number of hydrogen-bond acceptors (Lipinski definition) is 3. The number of aryl methyl sites for hydroxylation is 1. The maximum atomic E-state index is 10.3. The summed E-state index contributed by atoms with van der Waals surface area (Å²) in [6, 6.07) is 11.0. The number of ether oxygens (including phenoxy) is 1. The first kappa shape index (κ1) is 16.3. The minimum Gasteiger partial charge on any atom is -0.486 e. The van der Waals surface area contributed by atoms with Gasteiger partial charge < -0.3 is 4.74 Å². The molecule has 0 saturated carbocycles. The van der Waals surface area contributed by atoms with Crippen molar-refractivity contribution in [2.75, 3.05) is 0 Å². The van der Waals surface area contributed by atoms with Gasteiger partial charge in [0.2, 0.25) is 6.20 Å². The van der Waals surface area contributed by atoms with E-state index in [2.05, 4.69) is 0 Å². The van der Waals surface area contributed by atoms with Gasteiger partial charge in [-0.2, -0.15) is 0 Å². The molecule has 0 bridgehead atoms. The molecule has 0 aliphatic rings. The molecule has 0 radical (unpaired) electrons. The maximum absolute atomic E-state index is 10.3. The van der Waals surface area contributed by atoms with Gasteiger partial charge in [-0.25, -0.2) is 0 Å². The smallest absolute Gasteiger partial charge is 0.235 e. The Balaban J connectivity index is 2.14. The molecule has 0 N–H and O–H groups in total. The zero-order chi connectivity index (χ0) is 16.1. The van der Waals surface area contributed by atoms with Crippen molar-refractivity contribution >= 4 is 29.3 Å². The summed E-state index contributed by atoms with van der Waals surface area (Å²) in [5.41, 5.74) is 2.70. The molecule has 0 fully saturated rings. The molecule has 0 aliphatic carbocycles. The molecular weight excluding hydrogens is 325 g/mol. The Labute approximate surface area is 138 Å². The fourth-order valence-corrected chi connectivity index (χ4v) is 2.41. The van der Waals surface area contributed by atoms with Crippen LogP contribution in [-0.4, -0.2) is 4.92 Å². The van der Waals surface area contributed by atoms with Gasteiger partial charge in [0.05, 0.1) is 15.0 Å². The van der Waals surface area contributed by atoms with E-state index in [-0.39, 0.29) is 0 Å². The lowest BCUT2D eigenvalue weighted by atomic mass is 10.2. The highest BCUT2D eigenvalue weighted by atomic mass is 35.5.